The molecule has 6 nitrogen and oxygen atoms in total. The molecule has 1 unspecified atom stereocenters. The van der Waals surface area contributed by atoms with Crippen molar-refractivity contribution in [3.63, 3.8) is 0 Å². The van der Waals surface area contributed by atoms with Gasteiger partial charge in [0.1, 0.15) is 0 Å². The number of H-pyrrole nitrogens is 1. The van der Waals surface area contributed by atoms with Crippen molar-refractivity contribution in [3.05, 3.63) is 18.0 Å². The highest BCUT2D eigenvalue weighted by molar-refractivity contribution is 7.89. The molecule has 3 N–H and O–H groups in total. The molecule has 2 rings (SSSR count). The highest BCUT2D eigenvalue weighted by atomic mass is 32.2. The van der Waals surface area contributed by atoms with E-state index < -0.39 is 10.0 Å². The number of nitrogens with one attached hydrogen (secondary N) is 2. The van der Waals surface area contributed by atoms with Crippen LogP contribution in [0.2, 0.25) is 0 Å². The van der Waals surface area contributed by atoms with Gasteiger partial charge in [0.2, 0.25) is 10.0 Å². The van der Waals surface area contributed by atoms with Crippen LogP contribution in [0.15, 0.2) is 17.2 Å². The standard InChI is InChI=1S/C12H21N3O3S/c1-2-15-5-3-4-10(8-15)14-19(17,18)12-6-11(9-16)13-7-12/h6-7,10,13-14,16H,2-5,8-9H2,1H3. The average molecular weight is 287 g/mol. The Morgan fingerprint density at radius 1 is 1.58 bits per heavy atom. The van der Waals surface area contributed by atoms with Gasteiger partial charge in [0, 0.05) is 24.5 Å². The summed E-state index contributed by atoms with van der Waals surface area (Å²) in [7, 11) is -3.50. The molecule has 2 heterocycles. The second-order valence-electron chi connectivity index (χ2n) is 4.87. The first kappa shape index (κ1) is 14.5. The van der Waals surface area contributed by atoms with Gasteiger partial charge in [0.15, 0.2) is 0 Å². The maximum Gasteiger partial charge on any atom is 0.242 e. The van der Waals surface area contributed by atoms with E-state index in [0.717, 1.165) is 32.5 Å². The lowest BCUT2D eigenvalue weighted by Gasteiger charge is -2.31. The van der Waals surface area contributed by atoms with Crippen LogP contribution in [0.25, 0.3) is 0 Å². The third-order valence-electron chi connectivity index (χ3n) is 3.47. The lowest BCUT2D eigenvalue weighted by atomic mass is 10.1. The molecule has 108 valence electrons. The minimum absolute atomic E-state index is 0.0359. The molecule has 1 aromatic rings. The van der Waals surface area contributed by atoms with Crippen LogP contribution in [-0.4, -0.2) is 49.1 Å². The first-order chi connectivity index (χ1) is 9.05. The van der Waals surface area contributed by atoms with Crippen molar-refractivity contribution in [2.75, 3.05) is 19.6 Å². The highest BCUT2D eigenvalue weighted by Gasteiger charge is 2.25. The van der Waals surface area contributed by atoms with Gasteiger partial charge in [-0.2, -0.15) is 0 Å². The average Bonchev–Trinajstić information content (AvgIpc) is 2.88. The summed E-state index contributed by atoms with van der Waals surface area (Å²) in [5.41, 5.74) is 0.499. The predicted octanol–water partition coefficient (Wildman–Crippen LogP) is 0.270. The van der Waals surface area contributed by atoms with Gasteiger partial charge >= 0.3 is 0 Å². The van der Waals surface area contributed by atoms with Crippen molar-refractivity contribution >= 4 is 10.0 Å². The van der Waals surface area contributed by atoms with Crippen LogP contribution in [0.5, 0.6) is 0 Å². The Balaban J connectivity index is 2.04. The second-order valence-corrected chi connectivity index (χ2v) is 6.59. The van der Waals surface area contributed by atoms with E-state index in [1.54, 1.807) is 0 Å². The van der Waals surface area contributed by atoms with E-state index in [2.05, 4.69) is 21.5 Å². The molecule has 0 aromatic carbocycles. The normalized spacial score (nSPS) is 21.7. The van der Waals surface area contributed by atoms with Gasteiger partial charge < -0.3 is 15.0 Å². The molecule has 0 spiro atoms. The largest absolute Gasteiger partial charge is 0.390 e. The molecule has 1 aliphatic heterocycles. The number of nitrogens with zero attached hydrogens (tertiary/aromatic N) is 1. The summed E-state index contributed by atoms with van der Waals surface area (Å²) in [6.07, 6.45) is 3.29. The first-order valence-corrected chi connectivity index (χ1v) is 8.06. The summed E-state index contributed by atoms with van der Waals surface area (Å²) in [5, 5.41) is 8.95. The zero-order valence-electron chi connectivity index (χ0n) is 11.1. The minimum Gasteiger partial charge on any atom is -0.390 e. The number of hydrogen-bond donors (Lipinski definition) is 3. The number of hydrogen-bond acceptors (Lipinski definition) is 4. The van der Waals surface area contributed by atoms with E-state index in [9.17, 15) is 8.42 Å². The molecule has 1 aliphatic rings. The fraction of sp³-hybridized carbons (Fsp3) is 0.667. The van der Waals surface area contributed by atoms with Gasteiger partial charge in [0.05, 0.1) is 11.5 Å². The van der Waals surface area contributed by atoms with E-state index in [-0.39, 0.29) is 17.5 Å². The number of likely N-dealkylation sites (tertiary alicyclic amines) is 1. The molecule has 1 fully saturated rings. The summed E-state index contributed by atoms with van der Waals surface area (Å²) in [5.74, 6) is 0. The fourth-order valence-corrected chi connectivity index (χ4v) is 3.67. The Bertz CT molecular complexity index is 512. The minimum atomic E-state index is -3.50. The summed E-state index contributed by atoms with van der Waals surface area (Å²) in [4.78, 5) is 5.17. The SMILES string of the molecule is CCN1CCCC(NS(=O)(=O)c2c[nH]c(CO)c2)C1. The Kier molecular flexibility index (Phi) is 4.62. The van der Waals surface area contributed by atoms with Crippen molar-refractivity contribution < 1.29 is 13.5 Å². The first-order valence-electron chi connectivity index (χ1n) is 6.58. The number of likely N-dealkylation sites (N-methyl/N-ethyl adjacent to an activating group) is 1. The summed E-state index contributed by atoms with van der Waals surface area (Å²) < 4.78 is 27.1. The molecule has 1 aromatic heterocycles. The van der Waals surface area contributed by atoms with Crippen LogP contribution < -0.4 is 4.72 Å². The van der Waals surface area contributed by atoms with Crippen molar-refractivity contribution in [1.29, 1.82) is 0 Å². The molecule has 7 heteroatoms. The van der Waals surface area contributed by atoms with Crippen molar-refractivity contribution in [3.8, 4) is 0 Å². The molecule has 0 saturated carbocycles. The third kappa shape index (κ3) is 3.56. The number of aliphatic hydroxyl groups is 1. The third-order valence-corrected chi connectivity index (χ3v) is 4.97. The lowest BCUT2D eigenvalue weighted by Crippen LogP contribution is -2.47. The van der Waals surface area contributed by atoms with Crippen molar-refractivity contribution in [2.24, 2.45) is 0 Å². The Hall–Kier alpha value is -0.890. The van der Waals surface area contributed by atoms with Gasteiger partial charge in [0.25, 0.3) is 0 Å². The predicted molar refractivity (Wildman–Crippen MR) is 72.2 cm³/mol. The van der Waals surface area contributed by atoms with E-state index >= 15 is 0 Å². The van der Waals surface area contributed by atoms with E-state index in [0.29, 0.717) is 5.69 Å². The molecular weight excluding hydrogens is 266 g/mol. The molecule has 0 aliphatic carbocycles. The Morgan fingerprint density at radius 2 is 2.37 bits per heavy atom. The Morgan fingerprint density at radius 3 is 3.00 bits per heavy atom. The van der Waals surface area contributed by atoms with Gasteiger partial charge in [-0.1, -0.05) is 6.92 Å². The van der Waals surface area contributed by atoms with Crippen LogP contribution in [0.1, 0.15) is 25.5 Å². The number of piperidine rings is 1. The van der Waals surface area contributed by atoms with E-state index in [1.165, 1.54) is 12.3 Å². The molecule has 1 saturated heterocycles. The highest BCUT2D eigenvalue weighted by Crippen LogP contribution is 2.15. The maximum atomic E-state index is 12.2. The van der Waals surface area contributed by atoms with Gasteiger partial charge in [-0.25, -0.2) is 13.1 Å². The number of rotatable bonds is 5. The monoisotopic (exact) mass is 287 g/mol. The topological polar surface area (TPSA) is 85.4 Å². The van der Waals surface area contributed by atoms with Crippen molar-refractivity contribution in [1.82, 2.24) is 14.6 Å². The molecule has 0 bridgehead atoms. The molecule has 1 atom stereocenters. The number of aliphatic hydroxyl groups excluding tert-OH is 1. The second kappa shape index (κ2) is 6.04. The van der Waals surface area contributed by atoms with Gasteiger partial charge in [-0.3, -0.25) is 0 Å². The van der Waals surface area contributed by atoms with E-state index in [4.69, 9.17) is 5.11 Å². The van der Waals surface area contributed by atoms with Crippen LogP contribution in [0, 0.1) is 0 Å². The van der Waals surface area contributed by atoms with Crippen LogP contribution >= 0.6 is 0 Å². The number of aromatic nitrogens is 1. The molecule has 19 heavy (non-hydrogen) atoms. The molecule has 0 amide bonds. The Labute approximate surface area is 113 Å². The maximum absolute atomic E-state index is 12.2. The van der Waals surface area contributed by atoms with Crippen LogP contribution in [0.3, 0.4) is 0 Å². The van der Waals surface area contributed by atoms with Gasteiger partial charge in [-0.15, -0.1) is 0 Å². The fourth-order valence-electron chi connectivity index (χ4n) is 2.39. The summed E-state index contributed by atoms with van der Waals surface area (Å²) in [6, 6.07) is 1.43. The quantitative estimate of drug-likeness (QED) is 0.725. The van der Waals surface area contributed by atoms with Crippen molar-refractivity contribution in [2.45, 2.75) is 37.3 Å². The lowest BCUT2D eigenvalue weighted by molar-refractivity contribution is 0.211. The van der Waals surface area contributed by atoms with Crippen LogP contribution in [-0.2, 0) is 16.6 Å². The summed E-state index contributed by atoms with van der Waals surface area (Å²) >= 11 is 0. The van der Waals surface area contributed by atoms with Crippen LogP contribution in [0.4, 0.5) is 0 Å². The molecular formula is C12H21N3O3S. The number of aromatic amines is 1. The summed E-state index contributed by atoms with van der Waals surface area (Å²) in [6.45, 7) is 4.62. The van der Waals surface area contributed by atoms with Gasteiger partial charge in [-0.05, 0) is 32.0 Å². The zero-order chi connectivity index (χ0) is 13.9. The van der Waals surface area contributed by atoms with E-state index in [1.807, 2.05) is 0 Å². The smallest absolute Gasteiger partial charge is 0.242 e. The zero-order valence-corrected chi connectivity index (χ0v) is 11.9. The number of sulfonamides is 1. The molecule has 0 radical (unpaired) electrons.